The van der Waals surface area contributed by atoms with E-state index in [0.29, 0.717) is 27.5 Å². The second kappa shape index (κ2) is 9.92. The van der Waals surface area contributed by atoms with Crippen LogP contribution < -0.4 is 15.4 Å². The van der Waals surface area contributed by atoms with E-state index < -0.39 is 5.25 Å². The Morgan fingerprint density at radius 3 is 2.71 bits per heavy atom. The van der Waals surface area contributed by atoms with E-state index in [-0.39, 0.29) is 18.2 Å². The number of hydrogen-bond acceptors (Lipinski definition) is 8. The van der Waals surface area contributed by atoms with Crippen molar-refractivity contribution >= 4 is 45.7 Å². The zero-order valence-electron chi connectivity index (χ0n) is 17.9. The first-order valence-electron chi connectivity index (χ1n) is 9.50. The van der Waals surface area contributed by atoms with E-state index in [1.807, 2.05) is 13.8 Å². The number of nitrogens with one attached hydrogen (secondary N) is 2. The van der Waals surface area contributed by atoms with E-state index in [9.17, 15) is 9.59 Å². The fourth-order valence-electron chi connectivity index (χ4n) is 2.60. The maximum Gasteiger partial charge on any atom is 0.239 e. The molecule has 0 aliphatic carbocycles. The summed E-state index contributed by atoms with van der Waals surface area (Å²) in [7, 11) is 3.34. The van der Waals surface area contributed by atoms with Gasteiger partial charge in [-0.2, -0.15) is 0 Å². The number of benzene rings is 1. The molecule has 9 nitrogen and oxygen atoms in total. The van der Waals surface area contributed by atoms with Gasteiger partial charge in [-0.3, -0.25) is 9.59 Å². The molecule has 2 N–H and O–H groups in total. The second-order valence-corrected chi connectivity index (χ2v) is 9.34. The predicted octanol–water partition coefficient (Wildman–Crippen LogP) is 3.20. The van der Waals surface area contributed by atoms with Crippen LogP contribution in [0.4, 0.5) is 10.8 Å². The number of carbonyl (C=O) groups excluding carboxylic acids is 2. The van der Waals surface area contributed by atoms with Crippen molar-refractivity contribution in [2.45, 2.75) is 37.6 Å². The molecule has 0 aliphatic heterocycles. The van der Waals surface area contributed by atoms with Crippen molar-refractivity contribution in [2.75, 3.05) is 17.7 Å². The van der Waals surface area contributed by atoms with Crippen LogP contribution in [0.25, 0.3) is 0 Å². The monoisotopic (exact) mass is 460 g/mol. The third-order valence-electron chi connectivity index (χ3n) is 4.51. The Morgan fingerprint density at radius 1 is 1.26 bits per heavy atom. The van der Waals surface area contributed by atoms with Crippen LogP contribution in [-0.4, -0.2) is 43.9 Å². The molecule has 0 saturated heterocycles. The van der Waals surface area contributed by atoms with Crippen molar-refractivity contribution in [1.29, 1.82) is 0 Å². The zero-order chi connectivity index (χ0) is 22.5. The fraction of sp³-hybridized carbons (Fsp3) is 0.350. The van der Waals surface area contributed by atoms with Gasteiger partial charge in [0.2, 0.25) is 11.8 Å². The molecule has 164 valence electrons. The summed E-state index contributed by atoms with van der Waals surface area (Å²) in [5, 5.41) is 14.6. The van der Waals surface area contributed by atoms with Gasteiger partial charge in [0.15, 0.2) is 10.3 Å². The van der Waals surface area contributed by atoms with Gasteiger partial charge in [-0.1, -0.05) is 17.8 Å². The zero-order valence-corrected chi connectivity index (χ0v) is 19.6. The molecule has 0 radical (unpaired) electrons. The molecule has 0 bridgehead atoms. The lowest BCUT2D eigenvalue weighted by atomic mass is 10.3. The highest BCUT2D eigenvalue weighted by molar-refractivity contribution is 8.00. The summed E-state index contributed by atoms with van der Waals surface area (Å²) in [5.74, 6) is 0.770. The fourth-order valence-corrected chi connectivity index (χ4v) is 4.25. The number of aryl methyl sites for hydroxylation is 2. The molecule has 0 aliphatic rings. The average Bonchev–Trinajstić information content (AvgIpc) is 3.23. The Bertz CT molecular complexity index is 1080. The first kappa shape index (κ1) is 22.8. The van der Waals surface area contributed by atoms with E-state index in [4.69, 9.17) is 4.74 Å². The highest BCUT2D eigenvalue weighted by Gasteiger charge is 2.21. The number of thiazole rings is 1. The molecule has 0 saturated carbocycles. The Kier molecular flexibility index (Phi) is 7.29. The summed E-state index contributed by atoms with van der Waals surface area (Å²) in [6.07, 6.45) is 0.0551. The van der Waals surface area contributed by atoms with Crippen LogP contribution in [0, 0.1) is 13.8 Å². The third kappa shape index (κ3) is 5.82. The van der Waals surface area contributed by atoms with Crippen LogP contribution in [0.5, 0.6) is 5.75 Å². The van der Waals surface area contributed by atoms with Gasteiger partial charge in [0.1, 0.15) is 11.6 Å². The molecule has 1 aromatic carbocycles. The van der Waals surface area contributed by atoms with E-state index >= 15 is 0 Å². The smallest absolute Gasteiger partial charge is 0.239 e. The highest BCUT2D eigenvalue weighted by Crippen LogP contribution is 2.25. The van der Waals surface area contributed by atoms with Crippen molar-refractivity contribution in [2.24, 2.45) is 7.05 Å². The Hall–Kier alpha value is -2.92. The summed E-state index contributed by atoms with van der Waals surface area (Å²) in [6, 6.07) is 7.12. The number of thioether (sulfide) groups is 1. The van der Waals surface area contributed by atoms with Crippen molar-refractivity contribution in [3.8, 4) is 5.75 Å². The van der Waals surface area contributed by atoms with E-state index in [1.165, 1.54) is 23.1 Å². The molecule has 0 unspecified atom stereocenters. The van der Waals surface area contributed by atoms with Gasteiger partial charge in [0.05, 0.1) is 24.5 Å². The molecule has 2 aromatic heterocycles. The lowest BCUT2D eigenvalue weighted by Gasteiger charge is -2.10. The SMILES string of the molecule is COc1cccc(NC(=O)Cc2nnc(S[C@H](C)C(=O)Nc3nc(C)c(C)s3)n2C)c1. The number of ether oxygens (including phenoxy) is 1. The molecular weight excluding hydrogens is 436 g/mol. The molecule has 3 aromatic rings. The molecule has 0 spiro atoms. The van der Waals surface area contributed by atoms with Crippen molar-refractivity contribution < 1.29 is 14.3 Å². The average molecular weight is 461 g/mol. The minimum absolute atomic E-state index is 0.0551. The second-order valence-electron chi connectivity index (χ2n) is 6.82. The summed E-state index contributed by atoms with van der Waals surface area (Å²) in [5.41, 5.74) is 1.55. The first-order chi connectivity index (χ1) is 14.8. The Balaban J connectivity index is 1.58. The van der Waals surface area contributed by atoms with Crippen molar-refractivity contribution in [3.63, 3.8) is 0 Å². The molecule has 3 rings (SSSR count). The van der Waals surface area contributed by atoms with Crippen LogP contribution >= 0.6 is 23.1 Å². The first-order valence-corrected chi connectivity index (χ1v) is 11.2. The van der Waals surface area contributed by atoms with Crippen LogP contribution in [0.1, 0.15) is 23.3 Å². The minimum atomic E-state index is -0.411. The van der Waals surface area contributed by atoms with Crippen LogP contribution in [0.15, 0.2) is 29.4 Å². The lowest BCUT2D eigenvalue weighted by Crippen LogP contribution is -2.23. The minimum Gasteiger partial charge on any atom is -0.497 e. The Morgan fingerprint density at radius 2 is 2.03 bits per heavy atom. The molecule has 0 fully saturated rings. The molecule has 2 heterocycles. The van der Waals surface area contributed by atoms with Crippen LogP contribution in [0.2, 0.25) is 0 Å². The van der Waals surface area contributed by atoms with Gasteiger partial charge in [-0.05, 0) is 32.9 Å². The molecular formula is C20H24N6O3S2. The predicted molar refractivity (Wildman–Crippen MR) is 122 cm³/mol. The standard InChI is InChI=1S/C20H24N6O3S2/c1-11-12(2)30-19(21-11)23-18(28)13(3)31-20-25-24-16(26(20)4)10-17(27)22-14-7-6-8-15(9-14)29-5/h6-9,13H,10H2,1-5H3,(H,22,27)(H,21,23,28)/t13-/m1/s1. The topological polar surface area (TPSA) is 111 Å². The molecule has 11 heteroatoms. The molecule has 31 heavy (non-hydrogen) atoms. The number of hydrogen-bond donors (Lipinski definition) is 2. The van der Waals surface area contributed by atoms with Crippen molar-refractivity contribution in [3.05, 3.63) is 40.7 Å². The van der Waals surface area contributed by atoms with Gasteiger partial charge in [-0.15, -0.1) is 21.5 Å². The lowest BCUT2D eigenvalue weighted by molar-refractivity contribution is -0.116. The summed E-state index contributed by atoms with van der Waals surface area (Å²) < 4.78 is 6.88. The van der Waals surface area contributed by atoms with E-state index in [1.54, 1.807) is 49.9 Å². The number of carbonyl (C=O) groups is 2. The number of nitrogens with zero attached hydrogens (tertiary/aromatic N) is 4. The molecule has 1 atom stereocenters. The normalized spacial score (nSPS) is 11.8. The highest BCUT2D eigenvalue weighted by atomic mass is 32.2. The quantitative estimate of drug-likeness (QED) is 0.497. The molecule has 2 amide bonds. The Labute approximate surface area is 188 Å². The van der Waals surface area contributed by atoms with E-state index in [0.717, 1.165) is 10.6 Å². The van der Waals surface area contributed by atoms with Crippen LogP contribution in [0.3, 0.4) is 0 Å². The summed E-state index contributed by atoms with van der Waals surface area (Å²) >= 11 is 2.72. The maximum atomic E-state index is 12.5. The number of rotatable bonds is 8. The van der Waals surface area contributed by atoms with Crippen molar-refractivity contribution in [1.82, 2.24) is 19.7 Å². The van der Waals surface area contributed by atoms with Crippen LogP contribution in [-0.2, 0) is 23.1 Å². The number of aromatic nitrogens is 4. The van der Waals surface area contributed by atoms with Gasteiger partial charge >= 0.3 is 0 Å². The number of anilines is 2. The third-order valence-corrected chi connectivity index (χ3v) is 6.63. The summed E-state index contributed by atoms with van der Waals surface area (Å²) in [4.78, 5) is 30.3. The summed E-state index contributed by atoms with van der Waals surface area (Å²) in [6.45, 7) is 5.66. The number of amides is 2. The maximum absolute atomic E-state index is 12.5. The van der Waals surface area contributed by atoms with Gasteiger partial charge in [0.25, 0.3) is 0 Å². The van der Waals surface area contributed by atoms with Gasteiger partial charge in [-0.25, -0.2) is 4.98 Å². The number of methoxy groups -OCH3 is 1. The van der Waals surface area contributed by atoms with Gasteiger partial charge in [0, 0.05) is 23.7 Å². The largest absolute Gasteiger partial charge is 0.497 e. The van der Waals surface area contributed by atoms with E-state index in [2.05, 4.69) is 25.8 Å². The van der Waals surface area contributed by atoms with Gasteiger partial charge < -0.3 is 19.9 Å².